The first-order valence-corrected chi connectivity index (χ1v) is 4.81. The van der Waals surface area contributed by atoms with E-state index < -0.39 is 0 Å². The van der Waals surface area contributed by atoms with Gasteiger partial charge in [-0.3, -0.25) is 0 Å². The van der Waals surface area contributed by atoms with Gasteiger partial charge in [-0.15, -0.1) is 10.2 Å². The van der Waals surface area contributed by atoms with Crippen molar-refractivity contribution >= 4 is 5.82 Å². The third-order valence-electron chi connectivity index (χ3n) is 2.01. The largest absolute Gasteiger partial charge is 0.460 e. The highest BCUT2D eigenvalue weighted by Crippen LogP contribution is 2.19. The van der Waals surface area contributed by atoms with Crippen LogP contribution in [-0.2, 0) is 0 Å². The van der Waals surface area contributed by atoms with Crippen molar-refractivity contribution in [2.24, 2.45) is 0 Å². The van der Waals surface area contributed by atoms with Crippen LogP contribution in [0.1, 0.15) is 5.76 Å². The van der Waals surface area contributed by atoms with Crippen molar-refractivity contribution in [2.75, 3.05) is 11.9 Å². The molecule has 2 aromatic rings. The molecule has 2 heterocycles. The quantitative estimate of drug-likeness (QED) is 0.790. The van der Waals surface area contributed by atoms with E-state index >= 15 is 0 Å². The van der Waals surface area contributed by atoms with Crippen molar-refractivity contribution in [3.05, 3.63) is 30.0 Å². The van der Waals surface area contributed by atoms with Crippen LogP contribution in [0.3, 0.4) is 0 Å². The van der Waals surface area contributed by atoms with Crippen molar-refractivity contribution < 1.29 is 4.42 Å². The average Bonchev–Trinajstić information content (AvgIpc) is 2.74. The topological polar surface area (TPSA) is 74.7 Å². The third-order valence-corrected chi connectivity index (χ3v) is 2.01. The molecule has 0 atom stereocenters. The van der Waals surface area contributed by atoms with Gasteiger partial charge in [0.15, 0.2) is 5.76 Å². The summed E-state index contributed by atoms with van der Waals surface area (Å²) in [6.45, 7) is 2.09. The molecule has 2 rings (SSSR count). The number of aryl methyl sites for hydroxylation is 1. The Morgan fingerprint density at radius 1 is 1.31 bits per heavy atom. The number of anilines is 1. The van der Waals surface area contributed by atoms with Crippen molar-refractivity contribution in [3.8, 4) is 17.5 Å². The standard InChI is InChI=1S/C11H10N4O/c1-8-2-4-10(16-8)9-3-5-11(15-14-9)13-7-6-12/h2-5H,7H2,1H3,(H,13,15). The van der Waals surface area contributed by atoms with Gasteiger partial charge in [-0.1, -0.05) is 0 Å². The number of nitrogens with one attached hydrogen (secondary N) is 1. The van der Waals surface area contributed by atoms with Crippen LogP contribution in [0.15, 0.2) is 28.7 Å². The summed E-state index contributed by atoms with van der Waals surface area (Å²) in [6, 6.07) is 9.25. The number of nitrogens with zero attached hydrogens (tertiary/aromatic N) is 3. The predicted octanol–water partition coefficient (Wildman–Crippen LogP) is 1.98. The zero-order valence-electron chi connectivity index (χ0n) is 8.77. The molecule has 2 aromatic heterocycles. The number of nitriles is 1. The number of rotatable bonds is 3. The van der Waals surface area contributed by atoms with E-state index in [0.29, 0.717) is 17.3 Å². The summed E-state index contributed by atoms with van der Waals surface area (Å²) in [5, 5.41) is 19.1. The highest BCUT2D eigenvalue weighted by atomic mass is 16.3. The number of furan rings is 1. The Labute approximate surface area is 92.7 Å². The molecule has 1 N–H and O–H groups in total. The van der Waals surface area contributed by atoms with Crippen LogP contribution in [0.4, 0.5) is 5.82 Å². The van der Waals surface area contributed by atoms with E-state index in [9.17, 15) is 0 Å². The van der Waals surface area contributed by atoms with Gasteiger partial charge in [0.1, 0.15) is 23.8 Å². The highest BCUT2D eigenvalue weighted by Gasteiger charge is 2.04. The molecule has 5 nitrogen and oxygen atoms in total. The monoisotopic (exact) mass is 214 g/mol. The van der Waals surface area contributed by atoms with Crippen molar-refractivity contribution in [1.29, 1.82) is 5.26 Å². The van der Waals surface area contributed by atoms with E-state index in [1.54, 1.807) is 12.1 Å². The second-order valence-corrected chi connectivity index (χ2v) is 3.23. The van der Waals surface area contributed by atoms with Gasteiger partial charge < -0.3 is 9.73 Å². The molecule has 0 fully saturated rings. The van der Waals surface area contributed by atoms with Crippen LogP contribution in [0.2, 0.25) is 0 Å². The lowest BCUT2D eigenvalue weighted by Gasteiger charge is -1.99. The van der Waals surface area contributed by atoms with Crippen molar-refractivity contribution in [3.63, 3.8) is 0 Å². The van der Waals surface area contributed by atoms with Gasteiger partial charge in [0.25, 0.3) is 0 Å². The van der Waals surface area contributed by atoms with E-state index in [1.807, 2.05) is 25.1 Å². The number of hydrogen-bond donors (Lipinski definition) is 1. The lowest BCUT2D eigenvalue weighted by atomic mass is 10.3. The number of aromatic nitrogens is 2. The molecular formula is C11H10N4O. The molecule has 0 aliphatic rings. The zero-order valence-corrected chi connectivity index (χ0v) is 8.77. The first kappa shape index (κ1) is 10.2. The van der Waals surface area contributed by atoms with Gasteiger partial charge in [-0.25, -0.2) is 0 Å². The molecule has 0 spiro atoms. The highest BCUT2D eigenvalue weighted by molar-refractivity contribution is 5.53. The van der Waals surface area contributed by atoms with Crippen LogP contribution >= 0.6 is 0 Å². The first-order chi connectivity index (χ1) is 7.79. The molecule has 0 unspecified atom stereocenters. The Hall–Kier alpha value is -2.35. The van der Waals surface area contributed by atoms with Crippen LogP contribution in [0.5, 0.6) is 0 Å². The minimum Gasteiger partial charge on any atom is -0.460 e. The molecule has 0 aliphatic heterocycles. The van der Waals surface area contributed by atoms with E-state index in [4.69, 9.17) is 9.68 Å². The molecular weight excluding hydrogens is 204 g/mol. The summed E-state index contributed by atoms with van der Waals surface area (Å²) in [5.74, 6) is 2.11. The maximum absolute atomic E-state index is 8.39. The van der Waals surface area contributed by atoms with Gasteiger partial charge in [0, 0.05) is 0 Å². The first-order valence-electron chi connectivity index (χ1n) is 4.81. The molecule has 80 valence electrons. The Balaban J connectivity index is 2.16. The Morgan fingerprint density at radius 2 is 2.19 bits per heavy atom. The summed E-state index contributed by atoms with van der Waals surface area (Å²) in [4.78, 5) is 0. The van der Waals surface area contributed by atoms with Crippen molar-refractivity contribution in [1.82, 2.24) is 10.2 Å². The van der Waals surface area contributed by atoms with Crippen LogP contribution < -0.4 is 5.32 Å². The fourth-order valence-corrected chi connectivity index (χ4v) is 1.26. The van der Waals surface area contributed by atoms with Gasteiger partial charge in [-0.05, 0) is 31.2 Å². The van der Waals surface area contributed by atoms with E-state index in [0.717, 1.165) is 5.76 Å². The Bertz CT molecular complexity index is 510. The minimum absolute atomic E-state index is 0.216. The lowest BCUT2D eigenvalue weighted by Crippen LogP contribution is -2.01. The van der Waals surface area contributed by atoms with Crippen molar-refractivity contribution in [2.45, 2.75) is 6.92 Å². The van der Waals surface area contributed by atoms with Gasteiger partial charge in [0.2, 0.25) is 0 Å². The van der Waals surface area contributed by atoms with Crippen LogP contribution in [0, 0.1) is 18.3 Å². The van der Waals surface area contributed by atoms with E-state index in [1.165, 1.54) is 0 Å². The molecule has 0 amide bonds. The molecule has 0 aliphatic carbocycles. The smallest absolute Gasteiger partial charge is 0.154 e. The molecule has 0 bridgehead atoms. The molecule has 16 heavy (non-hydrogen) atoms. The second kappa shape index (κ2) is 4.45. The Kier molecular flexibility index (Phi) is 2.83. The van der Waals surface area contributed by atoms with Gasteiger partial charge >= 0.3 is 0 Å². The predicted molar refractivity (Wildman–Crippen MR) is 58.6 cm³/mol. The Morgan fingerprint density at radius 3 is 2.75 bits per heavy atom. The van der Waals surface area contributed by atoms with E-state index in [-0.39, 0.29) is 6.54 Å². The second-order valence-electron chi connectivity index (χ2n) is 3.23. The SMILES string of the molecule is Cc1ccc(-c2ccc(NCC#N)nn2)o1. The van der Waals surface area contributed by atoms with Crippen LogP contribution in [0.25, 0.3) is 11.5 Å². The summed E-state index contributed by atoms with van der Waals surface area (Å²) < 4.78 is 5.42. The lowest BCUT2D eigenvalue weighted by molar-refractivity contribution is 0.545. The van der Waals surface area contributed by atoms with E-state index in [2.05, 4.69) is 15.5 Å². The summed E-state index contributed by atoms with van der Waals surface area (Å²) >= 11 is 0. The molecule has 5 heteroatoms. The minimum atomic E-state index is 0.216. The summed E-state index contributed by atoms with van der Waals surface area (Å²) in [5.41, 5.74) is 0.676. The fourth-order valence-electron chi connectivity index (χ4n) is 1.26. The molecule has 0 saturated carbocycles. The van der Waals surface area contributed by atoms with Crippen LogP contribution in [-0.4, -0.2) is 16.7 Å². The summed E-state index contributed by atoms with van der Waals surface area (Å²) in [7, 11) is 0. The molecule has 0 radical (unpaired) electrons. The fraction of sp³-hybridized carbons (Fsp3) is 0.182. The molecule has 0 aromatic carbocycles. The number of hydrogen-bond acceptors (Lipinski definition) is 5. The average molecular weight is 214 g/mol. The maximum Gasteiger partial charge on any atom is 0.154 e. The van der Waals surface area contributed by atoms with Gasteiger partial charge in [-0.2, -0.15) is 5.26 Å². The third kappa shape index (κ3) is 2.17. The zero-order chi connectivity index (χ0) is 11.4. The summed E-state index contributed by atoms with van der Waals surface area (Å²) in [6.07, 6.45) is 0. The normalized spacial score (nSPS) is 9.75. The maximum atomic E-state index is 8.39. The molecule has 0 saturated heterocycles. The van der Waals surface area contributed by atoms with Gasteiger partial charge in [0.05, 0.1) is 6.07 Å².